The monoisotopic (exact) mass is 344 g/mol. The summed E-state index contributed by atoms with van der Waals surface area (Å²) in [5, 5.41) is 14.3. The summed E-state index contributed by atoms with van der Waals surface area (Å²) >= 11 is 0. The predicted molar refractivity (Wildman–Crippen MR) is 92.1 cm³/mol. The molecule has 0 aromatic heterocycles. The Bertz CT molecular complexity index is 426. The number of rotatable bonds is 11. The van der Waals surface area contributed by atoms with Crippen molar-refractivity contribution in [3.8, 4) is 0 Å². The third-order valence-electron chi connectivity index (χ3n) is 3.83. The molecule has 0 bridgehead atoms. The van der Waals surface area contributed by atoms with Crippen LogP contribution in [0.2, 0.25) is 0 Å². The molecule has 0 aromatic rings. The van der Waals surface area contributed by atoms with Crippen LogP contribution in [-0.2, 0) is 14.4 Å². The standard InChI is InChI=1S/C16H32N4O4/c1-9(2)12(18)14(21)20-13(10(3)4)15(22)19-11(16(23)24)7-5-6-8-17/h9-13H,5-8,17-18H2,1-4H3,(H,19,22)(H,20,21)(H,23,24)/t11-,12-,13-/m0/s1. The van der Waals surface area contributed by atoms with Crippen LogP contribution in [0, 0.1) is 11.8 Å². The fourth-order valence-corrected chi connectivity index (χ4v) is 2.10. The van der Waals surface area contributed by atoms with Crippen molar-refractivity contribution in [3.05, 3.63) is 0 Å². The number of nitrogens with two attached hydrogens (primary N) is 2. The van der Waals surface area contributed by atoms with E-state index in [9.17, 15) is 19.5 Å². The molecule has 0 heterocycles. The van der Waals surface area contributed by atoms with E-state index in [1.807, 2.05) is 13.8 Å². The molecule has 0 saturated carbocycles. The van der Waals surface area contributed by atoms with Crippen molar-refractivity contribution < 1.29 is 19.5 Å². The van der Waals surface area contributed by atoms with Gasteiger partial charge in [-0.3, -0.25) is 9.59 Å². The van der Waals surface area contributed by atoms with Crippen molar-refractivity contribution in [2.24, 2.45) is 23.3 Å². The summed E-state index contributed by atoms with van der Waals surface area (Å²) in [7, 11) is 0. The minimum Gasteiger partial charge on any atom is -0.480 e. The maximum Gasteiger partial charge on any atom is 0.326 e. The summed E-state index contributed by atoms with van der Waals surface area (Å²) in [6.07, 6.45) is 1.58. The van der Waals surface area contributed by atoms with E-state index >= 15 is 0 Å². The van der Waals surface area contributed by atoms with E-state index in [2.05, 4.69) is 10.6 Å². The van der Waals surface area contributed by atoms with E-state index in [0.29, 0.717) is 25.8 Å². The second-order valence-electron chi connectivity index (χ2n) is 6.68. The molecule has 0 aliphatic heterocycles. The third kappa shape index (κ3) is 7.74. The van der Waals surface area contributed by atoms with E-state index < -0.39 is 35.9 Å². The van der Waals surface area contributed by atoms with Crippen molar-refractivity contribution in [2.75, 3.05) is 6.54 Å². The van der Waals surface area contributed by atoms with Crippen molar-refractivity contribution in [2.45, 2.75) is 65.1 Å². The number of aliphatic carboxylic acids is 1. The quantitative estimate of drug-likeness (QED) is 0.328. The molecule has 3 atom stereocenters. The number of carboxylic acids is 1. The molecule has 0 spiro atoms. The number of carbonyl (C=O) groups excluding carboxylic acids is 2. The Labute approximate surface area is 143 Å². The second kappa shape index (κ2) is 11.0. The van der Waals surface area contributed by atoms with E-state index in [1.165, 1.54) is 0 Å². The largest absolute Gasteiger partial charge is 0.480 e. The fraction of sp³-hybridized carbons (Fsp3) is 0.812. The zero-order valence-electron chi connectivity index (χ0n) is 15.0. The molecule has 0 aliphatic carbocycles. The van der Waals surface area contributed by atoms with E-state index in [-0.39, 0.29) is 11.8 Å². The fourth-order valence-electron chi connectivity index (χ4n) is 2.10. The van der Waals surface area contributed by atoms with Gasteiger partial charge in [0.1, 0.15) is 12.1 Å². The smallest absolute Gasteiger partial charge is 0.326 e. The molecule has 2 amide bonds. The van der Waals surface area contributed by atoms with Gasteiger partial charge in [0.25, 0.3) is 0 Å². The lowest BCUT2D eigenvalue weighted by molar-refractivity contribution is -0.142. The first-order valence-electron chi connectivity index (χ1n) is 8.41. The highest BCUT2D eigenvalue weighted by molar-refractivity contribution is 5.91. The van der Waals surface area contributed by atoms with E-state index in [1.54, 1.807) is 13.8 Å². The summed E-state index contributed by atoms with van der Waals surface area (Å²) in [4.78, 5) is 35.8. The molecule has 8 nitrogen and oxygen atoms in total. The molecule has 0 rings (SSSR count). The summed E-state index contributed by atoms with van der Waals surface area (Å²) in [5.74, 6) is -2.31. The molecule has 0 aromatic carbocycles. The Morgan fingerprint density at radius 3 is 1.96 bits per heavy atom. The topological polar surface area (TPSA) is 148 Å². The lowest BCUT2D eigenvalue weighted by Gasteiger charge is -2.26. The lowest BCUT2D eigenvalue weighted by Crippen LogP contribution is -2.57. The number of amides is 2. The molecule has 0 radical (unpaired) electrons. The van der Waals surface area contributed by atoms with Gasteiger partial charge in [0.15, 0.2) is 0 Å². The number of unbranched alkanes of at least 4 members (excludes halogenated alkanes) is 1. The Morgan fingerprint density at radius 2 is 1.54 bits per heavy atom. The molecule has 140 valence electrons. The Kier molecular flexibility index (Phi) is 10.2. The Balaban J connectivity index is 4.88. The van der Waals surface area contributed by atoms with Crippen LogP contribution in [0.15, 0.2) is 0 Å². The average Bonchev–Trinajstić information content (AvgIpc) is 2.49. The lowest BCUT2D eigenvalue weighted by atomic mass is 9.99. The van der Waals surface area contributed by atoms with Crippen molar-refractivity contribution >= 4 is 17.8 Å². The second-order valence-corrected chi connectivity index (χ2v) is 6.68. The first-order chi connectivity index (χ1) is 11.1. The molecular formula is C16H32N4O4. The van der Waals surface area contributed by atoms with Crippen LogP contribution in [-0.4, -0.2) is 47.6 Å². The molecule has 0 unspecified atom stereocenters. The van der Waals surface area contributed by atoms with Crippen LogP contribution in [0.4, 0.5) is 0 Å². The summed E-state index contributed by atoms with van der Waals surface area (Å²) < 4.78 is 0. The van der Waals surface area contributed by atoms with Crippen LogP contribution in [0.1, 0.15) is 47.0 Å². The normalized spacial score (nSPS) is 15.0. The number of nitrogens with one attached hydrogen (secondary N) is 2. The molecular weight excluding hydrogens is 312 g/mol. The maximum absolute atomic E-state index is 12.4. The van der Waals surface area contributed by atoms with Crippen LogP contribution < -0.4 is 22.1 Å². The van der Waals surface area contributed by atoms with Gasteiger partial charge in [-0.1, -0.05) is 27.7 Å². The SMILES string of the molecule is CC(C)[C@H](N)C(=O)N[C@H](C(=O)N[C@@H](CCCCN)C(=O)O)C(C)C. The summed E-state index contributed by atoms with van der Waals surface area (Å²) in [6, 6.07) is -2.56. The number of carboxylic acid groups (broad SMARTS) is 1. The van der Waals surface area contributed by atoms with Crippen LogP contribution in [0.5, 0.6) is 0 Å². The number of hydrogen-bond donors (Lipinski definition) is 5. The molecule has 7 N–H and O–H groups in total. The maximum atomic E-state index is 12.4. The minimum atomic E-state index is -1.10. The molecule has 0 aliphatic rings. The van der Waals surface area contributed by atoms with Crippen LogP contribution >= 0.6 is 0 Å². The zero-order chi connectivity index (χ0) is 18.9. The molecule has 0 saturated heterocycles. The van der Waals surface area contributed by atoms with Crippen LogP contribution in [0.3, 0.4) is 0 Å². The molecule has 8 heteroatoms. The van der Waals surface area contributed by atoms with Gasteiger partial charge in [-0.05, 0) is 37.6 Å². The highest BCUT2D eigenvalue weighted by atomic mass is 16.4. The Morgan fingerprint density at radius 1 is 0.958 bits per heavy atom. The average molecular weight is 344 g/mol. The predicted octanol–water partition coefficient (Wildman–Crippen LogP) is -0.191. The van der Waals surface area contributed by atoms with Crippen molar-refractivity contribution in [1.82, 2.24) is 10.6 Å². The van der Waals surface area contributed by atoms with Crippen molar-refractivity contribution in [1.29, 1.82) is 0 Å². The van der Waals surface area contributed by atoms with Gasteiger partial charge in [0.05, 0.1) is 6.04 Å². The minimum absolute atomic E-state index is 0.0658. The number of hydrogen-bond acceptors (Lipinski definition) is 5. The number of carbonyl (C=O) groups is 3. The molecule has 0 fully saturated rings. The first-order valence-corrected chi connectivity index (χ1v) is 8.41. The van der Waals surface area contributed by atoms with E-state index in [0.717, 1.165) is 0 Å². The Hall–Kier alpha value is -1.67. The van der Waals surface area contributed by atoms with Gasteiger partial charge in [-0.2, -0.15) is 0 Å². The van der Waals surface area contributed by atoms with Gasteiger partial charge in [-0.15, -0.1) is 0 Å². The van der Waals surface area contributed by atoms with Gasteiger partial charge >= 0.3 is 5.97 Å². The van der Waals surface area contributed by atoms with Gasteiger partial charge in [0, 0.05) is 0 Å². The van der Waals surface area contributed by atoms with E-state index in [4.69, 9.17) is 11.5 Å². The highest BCUT2D eigenvalue weighted by Crippen LogP contribution is 2.07. The summed E-state index contributed by atoms with van der Waals surface area (Å²) in [5.41, 5.74) is 11.2. The van der Waals surface area contributed by atoms with Crippen molar-refractivity contribution in [3.63, 3.8) is 0 Å². The van der Waals surface area contributed by atoms with Gasteiger partial charge in [-0.25, -0.2) is 4.79 Å². The van der Waals surface area contributed by atoms with Gasteiger partial charge < -0.3 is 27.2 Å². The zero-order valence-corrected chi connectivity index (χ0v) is 15.0. The first kappa shape index (κ1) is 22.3. The summed E-state index contributed by atoms with van der Waals surface area (Å²) in [6.45, 7) is 7.64. The van der Waals surface area contributed by atoms with Crippen LogP contribution in [0.25, 0.3) is 0 Å². The highest BCUT2D eigenvalue weighted by Gasteiger charge is 2.30. The molecule has 24 heavy (non-hydrogen) atoms. The third-order valence-corrected chi connectivity index (χ3v) is 3.83. The van der Waals surface area contributed by atoms with Gasteiger partial charge in [0.2, 0.25) is 11.8 Å².